The maximum Gasteiger partial charge on any atom is 0.230 e. The molecule has 3 heteroatoms. The summed E-state index contributed by atoms with van der Waals surface area (Å²) < 4.78 is 0. The van der Waals surface area contributed by atoms with Crippen molar-refractivity contribution >= 4 is 17.5 Å². The number of benzene rings is 2. The fourth-order valence-corrected chi connectivity index (χ4v) is 2.23. The molecule has 2 aromatic carbocycles. The molecule has 0 saturated heterocycles. The Hall–Kier alpha value is -1.80. The molecular formula is C18H20ClNO. The number of carbonyl (C=O) groups excluding carboxylic acids is 1. The minimum atomic E-state index is -0.555. The van der Waals surface area contributed by atoms with Crippen LogP contribution in [0, 0.1) is 6.92 Å². The maximum atomic E-state index is 12.5. The van der Waals surface area contributed by atoms with E-state index in [9.17, 15) is 4.79 Å². The van der Waals surface area contributed by atoms with E-state index in [4.69, 9.17) is 11.6 Å². The molecule has 0 aliphatic carbocycles. The van der Waals surface area contributed by atoms with Gasteiger partial charge >= 0.3 is 0 Å². The van der Waals surface area contributed by atoms with Crippen molar-refractivity contribution in [2.75, 3.05) is 0 Å². The Kier molecular flexibility index (Phi) is 4.69. The second kappa shape index (κ2) is 6.31. The molecule has 2 nitrogen and oxygen atoms in total. The van der Waals surface area contributed by atoms with E-state index in [2.05, 4.69) is 5.32 Å². The van der Waals surface area contributed by atoms with Gasteiger partial charge in [0.15, 0.2) is 0 Å². The molecule has 0 aromatic heterocycles. The third kappa shape index (κ3) is 3.85. The zero-order valence-electron chi connectivity index (χ0n) is 12.6. The monoisotopic (exact) mass is 301 g/mol. The third-order valence-corrected chi connectivity index (χ3v) is 3.96. The first-order valence-electron chi connectivity index (χ1n) is 6.99. The molecule has 0 heterocycles. The van der Waals surface area contributed by atoms with E-state index in [0.717, 1.165) is 11.1 Å². The zero-order valence-corrected chi connectivity index (χ0v) is 13.4. The minimum Gasteiger partial charge on any atom is -0.351 e. The van der Waals surface area contributed by atoms with Crippen molar-refractivity contribution in [3.63, 3.8) is 0 Å². The van der Waals surface area contributed by atoms with E-state index in [1.54, 1.807) is 0 Å². The van der Waals surface area contributed by atoms with Crippen LogP contribution in [0.5, 0.6) is 0 Å². The molecule has 0 aliphatic rings. The minimum absolute atomic E-state index is 0.0151. The highest BCUT2D eigenvalue weighted by Gasteiger charge is 2.29. The van der Waals surface area contributed by atoms with Gasteiger partial charge in [0.05, 0.1) is 5.41 Å². The summed E-state index contributed by atoms with van der Waals surface area (Å²) in [5.74, 6) is 0.0151. The molecule has 1 amide bonds. The van der Waals surface area contributed by atoms with E-state index >= 15 is 0 Å². The van der Waals surface area contributed by atoms with Gasteiger partial charge in [0.2, 0.25) is 5.91 Å². The lowest BCUT2D eigenvalue weighted by Crippen LogP contribution is -2.39. The molecule has 2 rings (SSSR count). The molecule has 0 saturated carbocycles. The van der Waals surface area contributed by atoms with Gasteiger partial charge in [-0.15, -0.1) is 0 Å². The number of hydrogen-bond acceptors (Lipinski definition) is 1. The molecular weight excluding hydrogens is 282 g/mol. The van der Waals surface area contributed by atoms with Crippen LogP contribution in [-0.4, -0.2) is 5.91 Å². The van der Waals surface area contributed by atoms with Gasteiger partial charge in [0, 0.05) is 11.6 Å². The normalized spacial score (nSPS) is 11.2. The standard InChI is InChI=1S/C18H20ClNO/c1-13-4-8-15(9-5-13)18(2,3)17(21)20-12-14-6-10-16(19)11-7-14/h4-11H,12H2,1-3H3,(H,20,21). The Morgan fingerprint density at radius 2 is 1.62 bits per heavy atom. The number of nitrogens with one attached hydrogen (secondary N) is 1. The van der Waals surface area contributed by atoms with Gasteiger partial charge in [-0.25, -0.2) is 0 Å². The van der Waals surface area contributed by atoms with Gasteiger partial charge in [0.25, 0.3) is 0 Å². The van der Waals surface area contributed by atoms with Gasteiger partial charge in [0.1, 0.15) is 0 Å². The van der Waals surface area contributed by atoms with Gasteiger partial charge in [-0.1, -0.05) is 53.6 Å². The van der Waals surface area contributed by atoms with Crippen LogP contribution in [-0.2, 0) is 16.8 Å². The van der Waals surface area contributed by atoms with E-state index in [-0.39, 0.29) is 5.91 Å². The number of hydrogen-bond donors (Lipinski definition) is 1. The van der Waals surface area contributed by atoms with Crippen LogP contribution in [0.3, 0.4) is 0 Å². The molecule has 0 atom stereocenters. The fourth-order valence-electron chi connectivity index (χ4n) is 2.11. The highest BCUT2D eigenvalue weighted by molar-refractivity contribution is 6.30. The first-order chi connectivity index (χ1) is 9.89. The average Bonchev–Trinajstić information content (AvgIpc) is 2.46. The lowest BCUT2D eigenvalue weighted by molar-refractivity contribution is -0.125. The number of rotatable bonds is 4. The maximum absolute atomic E-state index is 12.5. The molecule has 0 aliphatic heterocycles. The summed E-state index contributed by atoms with van der Waals surface area (Å²) in [4.78, 5) is 12.5. The summed E-state index contributed by atoms with van der Waals surface area (Å²) in [6, 6.07) is 15.6. The van der Waals surface area contributed by atoms with Crippen LogP contribution >= 0.6 is 11.6 Å². The average molecular weight is 302 g/mol. The molecule has 2 aromatic rings. The molecule has 21 heavy (non-hydrogen) atoms. The highest BCUT2D eigenvalue weighted by Crippen LogP contribution is 2.24. The summed E-state index contributed by atoms with van der Waals surface area (Å²) in [5.41, 5.74) is 2.69. The molecule has 0 fully saturated rings. The van der Waals surface area contributed by atoms with Crippen molar-refractivity contribution in [3.05, 3.63) is 70.2 Å². The van der Waals surface area contributed by atoms with E-state index in [0.29, 0.717) is 11.6 Å². The molecule has 0 unspecified atom stereocenters. The van der Waals surface area contributed by atoms with Crippen molar-refractivity contribution in [1.82, 2.24) is 5.32 Å². The summed E-state index contributed by atoms with van der Waals surface area (Å²) in [6.07, 6.45) is 0. The van der Waals surface area contributed by atoms with Crippen LogP contribution in [0.15, 0.2) is 48.5 Å². The van der Waals surface area contributed by atoms with Gasteiger partial charge < -0.3 is 5.32 Å². The highest BCUT2D eigenvalue weighted by atomic mass is 35.5. The predicted molar refractivity (Wildman–Crippen MR) is 87.5 cm³/mol. The second-order valence-corrected chi connectivity index (χ2v) is 6.24. The summed E-state index contributed by atoms with van der Waals surface area (Å²) in [6.45, 7) is 6.42. The SMILES string of the molecule is Cc1ccc(C(C)(C)C(=O)NCc2ccc(Cl)cc2)cc1. The van der Waals surface area contributed by atoms with Crippen LogP contribution in [0.1, 0.15) is 30.5 Å². The third-order valence-electron chi connectivity index (χ3n) is 3.71. The predicted octanol–water partition coefficient (Wildman–Crippen LogP) is 4.24. The van der Waals surface area contributed by atoms with Crippen molar-refractivity contribution in [2.45, 2.75) is 32.7 Å². The Balaban J connectivity index is 2.04. The van der Waals surface area contributed by atoms with Gasteiger partial charge in [-0.3, -0.25) is 4.79 Å². The second-order valence-electron chi connectivity index (χ2n) is 5.80. The molecule has 0 spiro atoms. The number of carbonyl (C=O) groups is 1. The van der Waals surface area contributed by atoms with Crippen LogP contribution in [0.25, 0.3) is 0 Å². The topological polar surface area (TPSA) is 29.1 Å². The van der Waals surface area contributed by atoms with Crippen molar-refractivity contribution < 1.29 is 4.79 Å². The lowest BCUT2D eigenvalue weighted by atomic mass is 9.83. The quantitative estimate of drug-likeness (QED) is 0.899. The van der Waals surface area contributed by atoms with Crippen molar-refractivity contribution in [3.8, 4) is 0 Å². The Bertz CT molecular complexity index is 615. The Morgan fingerprint density at radius 1 is 1.05 bits per heavy atom. The number of aryl methyl sites for hydroxylation is 1. The van der Waals surface area contributed by atoms with Crippen molar-refractivity contribution in [2.24, 2.45) is 0 Å². The van der Waals surface area contributed by atoms with Crippen LogP contribution in [0.2, 0.25) is 5.02 Å². The van der Waals surface area contributed by atoms with Gasteiger partial charge in [-0.05, 0) is 44.0 Å². The van der Waals surface area contributed by atoms with E-state index < -0.39 is 5.41 Å². The zero-order chi connectivity index (χ0) is 15.5. The first-order valence-corrected chi connectivity index (χ1v) is 7.37. The summed E-state index contributed by atoms with van der Waals surface area (Å²) in [5, 5.41) is 3.69. The Labute approximate surface area is 131 Å². The summed E-state index contributed by atoms with van der Waals surface area (Å²) in [7, 11) is 0. The lowest BCUT2D eigenvalue weighted by Gasteiger charge is -2.24. The number of amides is 1. The first kappa shape index (κ1) is 15.6. The molecule has 0 bridgehead atoms. The smallest absolute Gasteiger partial charge is 0.230 e. The van der Waals surface area contributed by atoms with Crippen LogP contribution < -0.4 is 5.32 Å². The Morgan fingerprint density at radius 3 is 2.19 bits per heavy atom. The molecule has 0 radical (unpaired) electrons. The van der Waals surface area contributed by atoms with E-state index in [1.807, 2.05) is 69.3 Å². The van der Waals surface area contributed by atoms with Crippen LogP contribution in [0.4, 0.5) is 0 Å². The van der Waals surface area contributed by atoms with Gasteiger partial charge in [-0.2, -0.15) is 0 Å². The largest absolute Gasteiger partial charge is 0.351 e. The number of halogens is 1. The molecule has 1 N–H and O–H groups in total. The fraction of sp³-hybridized carbons (Fsp3) is 0.278. The van der Waals surface area contributed by atoms with Crippen molar-refractivity contribution in [1.29, 1.82) is 0 Å². The molecule has 110 valence electrons. The summed E-state index contributed by atoms with van der Waals surface area (Å²) >= 11 is 5.85. The van der Waals surface area contributed by atoms with E-state index in [1.165, 1.54) is 5.56 Å².